The van der Waals surface area contributed by atoms with Crippen LogP contribution in [0.15, 0.2) is 91.5 Å². The van der Waals surface area contributed by atoms with Gasteiger partial charge in [-0.1, -0.05) is 54.6 Å². The van der Waals surface area contributed by atoms with E-state index in [4.69, 9.17) is 0 Å². The minimum atomic E-state index is -0.163. The SMILES string of the molecule is C=CCN1C[C@H](C)N([C@H](c2cccc(O)c2)c2ccccc2C(=O)N(CC2CC2)c2ccccc2)C[C@H]1C. The van der Waals surface area contributed by atoms with E-state index in [0.29, 0.717) is 12.0 Å². The van der Waals surface area contributed by atoms with E-state index in [-0.39, 0.29) is 23.7 Å². The maximum absolute atomic E-state index is 14.3. The van der Waals surface area contributed by atoms with Crippen LogP contribution in [0.5, 0.6) is 5.75 Å². The first-order valence-electron chi connectivity index (χ1n) is 13.8. The van der Waals surface area contributed by atoms with Gasteiger partial charge in [-0.3, -0.25) is 14.6 Å². The van der Waals surface area contributed by atoms with Crippen LogP contribution in [-0.4, -0.2) is 59.1 Å². The van der Waals surface area contributed by atoms with Crippen LogP contribution in [0.2, 0.25) is 0 Å². The van der Waals surface area contributed by atoms with Gasteiger partial charge in [0.25, 0.3) is 5.91 Å². The van der Waals surface area contributed by atoms with Gasteiger partial charge in [-0.15, -0.1) is 6.58 Å². The minimum Gasteiger partial charge on any atom is -0.508 e. The number of rotatable bonds is 9. The van der Waals surface area contributed by atoms with Crippen LogP contribution in [-0.2, 0) is 0 Å². The number of carbonyl (C=O) groups is 1. The molecule has 3 atom stereocenters. The Hall–Kier alpha value is -3.41. The van der Waals surface area contributed by atoms with Crippen molar-refractivity contribution in [1.82, 2.24) is 9.80 Å². The first kappa shape index (κ1) is 26.2. The zero-order valence-corrected chi connectivity index (χ0v) is 22.5. The molecular weight excluding hydrogens is 470 g/mol. The van der Waals surface area contributed by atoms with Gasteiger partial charge in [0.1, 0.15) is 5.75 Å². The molecule has 0 bridgehead atoms. The first-order valence-corrected chi connectivity index (χ1v) is 13.8. The molecule has 5 rings (SSSR count). The Morgan fingerprint density at radius 1 is 1.00 bits per heavy atom. The second kappa shape index (κ2) is 11.5. The Bertz CT molecular complexity index is 1260. The molecule has 0 radical (unpaired) electrons. The van der Waals surface area contributed by atoms with Gasteiger partial charge < -0.3 is 10.0 Å². The molecule has 1 amide bonds. The summed E-state index contributed by atoms with van der Waals surface area (Å²) in [4.78, 5) is 21.3. The molecule has 5 nitrogen and oxygen atoms in total. The van der Waals surface area contributed by atoms with Crippen molar-refractivity contribution in [3.8, 4) is 5.75 Å². The summed E-state index contributed by atoms with van der Waals surface area (Å²) in [6.07, 6.45) is 4.32. The Morgan fingerprint density at radius 2 is 1.74 bits per heavy atom. The van der Waals surface area contributed by atoms with E-state index < -0.39 is 0 Å². The van der Waals surface area contributed by atoms with E-state index in [2.05, 4.69) is 42.4 Å². The highest BCUT2D eigenvalue weighted by Gasteiger charge is 2.37. The van der Waals surface area contributed by atoms with Gasteiger partial charge in [0.15, 0.2) is 0 Å². The number of para-hydroxylation sites is 1. The molecule has 1 N–H and O–H groups in total. The molecule has 198 valence electrons. The van der Waals surface area contributed by atoms with Crippen LogP contribution in [0.4, 0.5) is 5.69 Å². The Morgan fingerprint density at radius 3 is 2.45 bits per heavy atom. The molecule has 5 heteroatoms. The van der Waals surface area contributed by atoms with Gasteiger partial charge in [-0.25, -0.2) is 0 Å². The molecule has 0 aromatic heterocycles. The predicted molar refractivity (Wildman–Crippen MR) is 155 cm³/mol. The highest BCUT2D eigenvalue weighted by Crippen LogP contribution is 2.38. The second-order valence-corrected chi connectivity index (χ2v) is 10.9. The van der Waals surface area contributed by atoms with Gasteiger partial charge >= 0.3 is 0 Å². The molecule has 0 spiro atoms. The third-order valence-corrected chi connectivity index (χ3v) is 7.98. The van der Waals surface area contributed by atoms with E-state index in [0.717, 1.165) is 48.6 Å². The number of hydrogen-bond donors (Lipinski definition) is 1. The fourth-order valence-corrected chi connectivity index (χ4v) is 5.80. The van der Waals surface area contributed by atoms with Crippen LogP contribution in [0.1, 0.15) is 54.2 Å². The van der Waals surface area contributed by atoms with Gasteiger partial charge in [0.2, 0.25) is 0 Å². The lowest BCUT2D eigenvalue weighted by atomic mass is 9.89. The molecular formula is C33H39N3O2. The molecule has 1 heterocycles. The first-order chi connectivity index (χ1) is 18.5. The number of aromatic hydroxyl groups is 1. The minimum absolute atomic E-state index is 0.0369. The summed E-state index contributed by atoms with van der Waals surface area (Å²) < 4.78 is 0. The average Bonchev–Trinajstić information content (AvgIpc) is 3.75. The van der Waals surface area contributed by atoms with Crippen molar-refractivity contribution in [1.29, 1.82) is 0 Å². The molecule has 3 aromatic rings. The highest BCUT2D eigenvalue weighted by atomic mass is 16.3. The number of nitrogens with zero attached hydrogens (tertiary/aromatic N) is 3. The summed E-state index contributed by atoms with van der Waals surface area (Å²) in [6, 6.07) is 26.0. The molecule has 0 unspecified atom stereocenters. The Kier molecular flexibility index (Phi) is 7.96. The Labute approximate surface area is 227 Å². The summed E-state index contributed by atoms with van der Waals surface area (Å²) >= 11 is 0. The van der Waals surface area contributed by atoms with Gasteiger partial charge in [0, 0.05) is 49.5 Å². The molecule has 2 fully saturated rings. The second-order valence-electron chi connectivity index (χ2n) is 10.9. The normalized spacial score (nSPS) is 21.1. The zero-order valence-electron chi connectivity index (χ0n) is 22.5. The molecule has 2 aliphatic rings. The molecule has 1 aliphatic carbocycles. The van der Waals surface area contributed by atoms with Crippen molar-refractivity contribution < 1.29 is 9.90 Å². The Balaban J connectivity index is 1.57. The lowest BCUT2D eigenvalue weighted by molar-refractivity contribution is 0.0304. The lowest BCUT2D eigenvalue weighted by Gasteiger charge is -2.47. The van der Waals surface area contributed by atoms with Gasteiger partial charge in [0.05, 0.1) is 6.04 Å². The van der Waals surface area contributed by atoms with Crippen LogP contribution in [0.3, 0.4) is 0 Å². The average molecular weight is 510 g/mol. The molecule has 1 saturated heterocycles. The fraction of sp³-hybridized carbons (Fsp3) is 0.364. The number of phenolic OH excluding ortho intramolecular Hbond substituents is 1. The summed E-state index contributed by atoms with van der Waals surface area (Å²) in [5, 5.41) is 10.4. The van der Waals surface area contributed by atoms with Crippen molar-refractivity contribution in [2.24, 2.45) is 5.92 Å². The summed E-state index contributed by atoms with van der Waals surface area (Å²) in [5.41, 5.74) is 3.64. The van der Waals surface area contributed by atoms with E-state index in [1.54, 1.807) is 6.07 Å². The largest absolute Gasteiger partial charge is 0.508 e. The van der Waals surface area contributed by atoms with Crippen molar-refractivity contribution >= 4 is 11.6 Å². The van der Waals surface area contributed by atoms with Crippen LogP contribution in [0, 0.1) is 5.92 Å². The number of anilines is 1. The highest BCUT2D eigenvalue weighted by molar-refractivity contribution is 6.07. The van der Waals surface area contributed by atoms with E-state index in [1.165, 1.54) is 12.8 Å². The number of benzene rings is 3. The zero-order chi connectivity index (χ0) is 26.6. The van der Waals surface area contributed by atoms with E-state index in [1.807, 2.05) is 71.6 Å². The number of hydrogen-bond acceptors (Lipinski definition) is 4. The quantitative estimate of drug-likeness (QED) is 0.353. The topological polar surface area (TPSA) is 47.0 Å². The van der Waals surface area contributed by atoms with E-state index in [9.17, 15) is 9.90 Å². The third-order valence-electron chi connectivity index (χ3n) is 7.98. The van der Waals surface area contributed by atoms with Crippen molar-refractivity contribution in [2.75, 3.05) is 31.1 Å². The van der Waals surface area contributed by atoms with Gasteiger partial charge in [-0.05, 0) is 74.1 Å². The molecule has 3 aromatic carbocycles. The smallest absolute Gasteiger partial charge is 0.258 e. The summed E-state index contributed by atoms with van der Waals surface area (Å²) in [6.45, 7) is 11.8. The summed E-state index contributed by atoms with van der Waals surface area (Å²) in [7, 11) is 0. The number of amides is 1. The van der Waals surface area contributed by atoms with Crippen LogP contribution < -0.4 is 4.90 Å². The molecule has 1 saturated carbocycles. The van der Waals surface area contributed by atoms with E-state index >= 15 is 0 Å². The van der Waals surface area contributed by atoms with Crippen molar-refractivity contribution in [3.63, 3.8) is 0 Å². The maximum Gasteiger partial charge on any atom is 0.258 e. The number of phenols is 1. The standard InChI is InChI=1S/C33H39N3O2/c1-4-19-34-21-25(3)35(22-24(34)2)32(27-11-10-14-29(37)20-27)30-15-8-9-16-31(30)33(38)36(23-26-17-18-26)28-12-6-5-7-13-28/h4-16,20,24-26,32,37H,1,17-19,21-23H2,2-3H3/t24-,25+,32-/m1/s1. The third kappa shape index (κ3) is 5.69. The maximum atomic E-state index is 14.3. The molecule has 38 heavy (non-hydrogen) atoms. The fourth-order valence-electron chi connectivity index (χ4n) is 5.80. The monoisotopic (exact) mass is 509 g/mol. The predicted octanol–water partition coefficient (Wildman–Crippen LogP) is 6.12. The van der Waals surface area contributed by atoms with Crippen LogP contribution >= 0.6 is 0 Å². The van der Waals surface area contributed by atoms with Crippen molar-refractivity contribution in [2.45, 2.75) is 44.8 Å². The van der Waals surface area contributed by atoms with Gasteiger partial charge in [-0.2, -0.15) is 0 Å². The number of piperazine rings is 1. The number of carbonyl (C=O) groups excluding carboxylic acids is 1. The van der Waals surface area contributed by atoms with Crippen molar-refractivity contribution in [3.05, 3.63) is 108 Å². The van der Waals surface area contributed by atoms with Crippen LogP contribution in [0.25, 0.3) is 0 Å². The molecule has 1 aliphatic heterocycles. The lowest BCUT2D eigenvalue weighted by Crippen LogP contribution is -2.57. The summed E-state index contributed by atoms with van der Waals surface area (Å²) in [5.74, 6) is 0.837.